The van der Waals surface area contributed by atoms with Crippen LogP contribution in [0.2, 0.25) is 0 Å². The van der Waals surface area contributed by atoms with E-state index in [9.17, 15) is 37.9 Å². The van der Waals surface area contributed by atoms with E-state index in [0.717, 1.165) is 28.0 Å². The summed E-state index contributed by atoms with van der Waals surface area (Å²) in [6.07, 6.45) is 2.49. The third-order valence-corrected chi connectivity index (χ3v) is 6.91. The van der Waals surface area contributed by atoms with E-state index in [1.54, 1.807) is 91.0 Å². The van der Waals surface area contributed by atoms with Crippen molar-refractivity contribution in [2.75, 3.05) is 11.6 Å². The van der Waals surface area contributed by atoms with Crippen LogP contribution in [0.5, 0.6) is 5.75 Å². The first kappa shape index (κ1) is 40.7. The molecular formula is C37H44F2N4O9. The Bertz CT molecular complexity index is 1850. The van der Waals surface area contributed by atoms with E-state index < -0.39 is 81.9 Å². The van der Waals surface area contributed by atoms with Gasteiger partial charge in [-0.25, -0.2) is 32.8 Å². The molecule has 3 amide bonds. The third-order valence-electron chi connectivity index (χ3n) is 6.91. The van der Waals surface area contributed by atoms with Gasteiger partial charge in [0.25, 0.3) is 5.91 Å². The Hall–Kier alpha value is -5.73. The molecule has 280 valence electrons. The van der Waals surface area contributed by atoms with Crippen LogP contribution in [0.4, 0.5) is 18.4 Å². The van der Waals surface area contributed by atoms with Crippen molar-refractivity contribution in [2.45, 2.75) is 85.3 Å². The number of carbonyl (C=O) groups is 4. The van der Waals surface area contributed by atoms with Crippen LogP contribution in [0.15, 0.2) is 71.7 Å². The highest BCUT2D eigenvalue weighted by molar-refractivity contribution is 5.97. The molecule has 1 heterocycles. The molecule has 0 bridgehead atoms. The number of halogens is 2. The van der Waals surface area contributed by atoms with Gasteiger partial charge in [-0.3, -0.25) is 9.59 Å². The largest absolute Gasteiger partial charge is 0.482 e. The van der Waals surface area contributed by atoms with Gasteiger partial charge in [-0.1, -0.05) is 48.6 Å². The highest BCUT2D eigenvalue weighted by Gasteiger charge is 2.34. The average molecular weight is 727 g/mol. The van der Waals surface area contributed by atoms with Gasteiger partial charge < -0.3 is 30.0 Å². The van der Waals surface area contributed by atoms with Gasteiger partial charge in [-0.15, -0.1) is 0 Å². The number of aromatic nitrogens is 1. The molecule has 0 spiro atoms. The lowest BCUT2D eigenvalue weighted by atomic mass is 10.1. The van der Waals surface area contributed by atoms with Crippen molar-refractivity contribution >= 4 is 24.1 Å². The molecule has 0 aliphatic heterocycles. The maximum absolute atomic E-state index is 14.4. The van der Waals surface area contributed by atoms with Crippen molar-refractivity contribution in [3.05, 3.63) is 111 Å². The summed E-state index contributed by atoms with van der Waals surface area (Å²) in [7, 11) is 0. The molecular weight excluding hydrogens is 682 g/mol. The van der Waals surface area contributed by atoms with Crippen LogP contribution in [0.25, 0.3) is 0 Å². The van der Waals surface area contributed by atoms with Crippen LogP contribution in [0.3, 0.4) is 0 Å². The number of ether oxygens (including phenoxy) is 3. The van der Waals surface area contributed by atoms with Crippen LogP contribution in [0, 0.1) is 11.6 Å². The summed E-state index contributed by atoms with van der Waals surface area (Å²) < 4.78 is 45.2. The summed E-state index contributed by atoms with van der Waals surface area (Å²) in [5, 5.41) is 16.4. The van der Waals surface area contributed by atoms with Crippen LogP contribution >= 0.6 is 0 Å². The molecule has 52 heavy (non-hydrogen) atoms. The summed E-state index contributed by atoms with van der Waals surface area (Å²) in [4.78, 5) is 66.1. The number of hydrogen-bond donors (Lipinski definition) is 3. The van der Waals surface area contributed by atoms with Crippen LogP contribution in [0.1, 0.15) is 86.9 Å². The number of nitrogens with zero attached hydrogens (tertiary/aromatic N) is 2. The van der Waals surface area contributed by atoms with Crippen LogP contribution in [-0.2, 0) is 22.6 Å². The standard InChI is InChI=1S/C37H44F2N4O9/c1-23(13-11-12-18-40-34(48)51-36(2,3)4)43(35(49)52-37(5,6)7)42-21-27(32(45)41-20-25-16-17-26(38)19-28(25)39)30(44)31(29(42)33(46)47)50-22-24-14-9-8-10-15-24/h8-12,14-17,19,21,23H,13,18,20,22H2,1-7H3,(H,40,48)(H,41,45)(H,46,47). The maximum Gasteiger partial charge on any atom is 0.429 e. The second kappa shape index (κ2) is 17.5. The lowest BCUT2D eigenvalue weighted by molar-refractivity contribution is 0.0507. The summed E-state index contributed by atoms with van der Waals surface area (Å²) in [6, 6.07) is 10.4. The number of pyridine rings is 1. The molecule has 0 radical (unpaired) electrons. The zero-order valence-corrected chi connectivity index (χ0v) is 30.1. The molecule has 3 aromatic rings. The molecule has 1 atom stereocenters. The highest BCUT2D eigenvalue weighted by Crippen LogP contribution is 2.22. The molecule has 1 unspecified atom stereocenters. The van der Waals surface area contributed by atoms with E-state index in [1.165, 1.54) is 0 Å². The van der Waals surface area contributed by atoms with Crippen LogP contribution < -0.4 is 25.8 Å². The Balaban J connectivity index is 2.11. The summed E-state index contributed by atoms with van der Waals surface area (Å²) in [5.41, 5.74) is -3.83. The average Bonchev–Trinajstić information content (AvgIpc) is 3.02. The van der Waals surface area contributed by atoms with E-state index in [-0.39, 0.29) is 25.1 Å². The monoisotopic (exact) mass is 726 g/mol. The molecule has 1 aromatic heterocycles. The normalized spacial score (nSPS) is 12.2. The topological polar surface area (TPSA) is 165 Å². The molecule has 3 N–H and O–H groups in total. The fourth-order valence-electron chi connectivity index (χ4n) is 4.63. The van der Waals surface area contributed by atoms with Gasteiger partial charge in [-0.05, 0) is 66.5 Å². The van der Waals surface area contributed by atoms with E-state index in [0.29, 0.717) is 11.6 Å². The second-order valence-corrected chi connectivity index (χ2v) is 13.7. The van der Waals surface area contributed by atoms with Gasteiger partial charge in [0.1, 0.15) is 35.0 Å². The SMILES string of the molecule is CC(CC=CCNC(=O)OC(C)(C)C)N(C(=O)OC(C)(C)C)n1cc(C(=O)NCc2ccc(F)cc2F)c(=O)c(OCc2ccccc2)c1C(=O)O. The second-order valence-electron chi connectivity index (χ2n) is 13.7. The van der Waals surface area contributed by atoms with Gasteiger partial charge >= 0.3 is 18.2 Å². The van der Waals surface area contributed by atoms with Crippen molar-refractivity contribution in [3.8, 4) is 5.75 Å². The molecule has 3 rings (SSSR count). The third kappa shape index (κ3) is 12.0. The number of carbonyl (C=O) groups excluding carboxylic acids is 3. The molecule has 15 heteroatoms. The first-order valence-electron chi connectivity index (χ1n) is 16.3. The summed E-state index contributed by atoms with van der Waals surface area (Å²) >= 11 is 0. The van der Waals surface area contributed by atoms with Crippen LogP contribution in [-0.4, -0.2) is 57.6 Å². The number of hydrogen-bond acceptors (Lipinski definition) is 8. The fourth-order valence-corrected chi connectivity index (χ4v) is 4.63. The van der Waals surface area contributed by atoms with Crippen molar-refractivity contribution in [2.24, 2.45) is 0 Å². The molecule has 0 saturated carbocycles. The molecule has 0 saturated heterocycles. The minimum atomic E-state index is -1.67. The fraction of sp³-hybridized carbons (Fsp3) is 0.378. The number of aromatic carboxylic acids is 1. The molecule has 0 aliphatic carbocycles. The quantitative estimate of drug-likeness (QED) is 0.177. The zero-order valence-electron chi connectivity index (χ0n) is 30.1. The number of nitrogens with one attached hydrogen (secondary N) is 2. The summed E-state index contributed by atoms with van der Waals surface area (Å²) in [5.74, 6) is -5.25. The van der Waals surface area contributed by atoms with Gasteiger partial charge in [0.05, 0.1) is 6.04 Å². The molecule has 13 nitrogen and oxygen atoms in total. The Labute approximate surface area is 300 Å². The van der Waals surface area contributed by atoms with E-state index in [1.807, 2.05) is 0 Å². The van der Waals surface area contributed by atoms with Gasteiger partial charge in [-0.2, -0.15) is 0 Å². The number of alkyl carbamates (subject to hydrolysis) is 1. The van der Waals surface area contributed by atoms with Crippen molar-refractivity contribution in [1.29, 1.82) is 0 Å². The maximum atomic E-state index is 14.4. The Kier molecular flexibility index (Phi) is 13.7. The Morgan fingerprint density at radius 3 is 2.19 bits per heavy atom. The van der Waals surface area contributed by atoms with Gasteiger partial charge in [0.2, 0.25) is 11.2 Å². The number of carboxylic acid groups (broad SMARTS) is 1. The molecule has 0 fully saturated rings. The minimum absolute atomic E-state index is 0.0723. The van der Waals surface area contributed by atoms with Gasteiger partial charge in [0.15, 0.2) is 5.69 Å². The molecule has 2 aromatic carbocycles. The predicted molar refractivity (Wildman–Crippen MR) is 188 cm³/mol. The molecule has 0 aliphatic rings. The zero-order chi connectivity index (χ0) is 38.8. The number of amides is 3. The number of benzene rings is 2. The highest BCUT2D eigenvalue weighted by atomic mass is 19.1. The Morgan fingerprint density at radius 1 is 0.942 bits per heavy atom. The number of rotatable bonds is 13. The lowest BCUT2D eigenvalue weighted by Gasteiger charge is -2.34. The lowest BCUT2D eigenvalue weighted by Crippen LogP contribution is -2.51. The first-order valence-corrected chi connectivity index (χ1v) is 16.3. The van der Waals surface area contributed by atoms with Gasteiger partial charge in [0, 0.05) is 30.9 Å². The van der Waals surface area contributed by atoms with E-state index in [4.69, 9.17) is 14.2 Å². The first-order chi connectivity index (χ1) is 24.3. The van der Waals surface area contributed by atoms with E-state index in [2.05, 4.69) is 10.6 Å². The number of carboxylic acids is 1. The van der Waals surface area contributed by atoms with Crippen molar-refractivity contribution in [3.63, 3.8) is 0 Å². The van der Waals surface area contributed by atoms with Crippen molar-refractivity contribution in [1.82, 2.24) is 15.3 Å². The summed E-state index contributed by atoms with van der Waals surface area (Å²) in [6.45, 7) is 10.9. The Morgan fingerprint density at radius 2 is 1.60 bits per heavy atom. The van der Waals surface area contributed by atoms with E-state index >= 15 is 0 Å². The minimum Gasteiger partial charge on any atom is -0.482 e. The van der Waals surface area contributed by atoms with Crippen molar-refractivity contribution < 1.29 is 47.3 Å². The smallest absolute Gasteiger partial charge is 0.429 e. The predicted octanol–water partition coefficient (Wildman–Crippen LogP) is 6.07.